The number of aryl methyl sites for hydroxylation is 2. The van der Waals surface area contributed by atoms with Gasteiger partial charge in [0, 0.05) is 36.4 Å². The Hall–Kier alpha value is -3.50. The van der Waals surface area contributed by atoms with Crippen molar-refractivity contribution >= 4 is 34.0 Å². The standard InChI is InChI=1S/C25H26N4O2S/c1-18-9-11-20(12-10-18)17-22-19(2)27-25(32-22)28-23(30)13-14-24(31)29(16-6-15-26)21-7-4-3-5-8-21/h3-5,7-12H,6,13-14,16-17H2,1-2H3,(H,27,28,30). The van der Waals surface area contributed by atoms with Crippen LogP contribution in [-0.4, -0.2) is 23.3 Å². The van der Waals surface area contributed by atoms with Gasteiger partial charge < -0.3 is 10.2 Å². The molecule has 7 heteroatoms. The Morgan fingerprint density at radius 1 is 1.06 bits per heavy atom. The molecule has 3 rings (SSSR count). The maximum Gasteiger partial charge on any atom is 0.227 e. The summed E-state index contributed by atoms with van der Waals surface area (Å²) in [6.07, 6.45) is 1.12. The number of rotatable bonds is 9. The Balaban J connectivity index is 1.56. The monoisotopic (exact) mass is 446 g/mol. The molecule has 2 amide bonds. The molecule has 0 radical (unpaired) electrons. The van der Waals surface area contributed by atoms with Crippen molar-refractivity contribution in [3.05, 3.63) is 76.3 Å². The number of hydrogen-bond donors (Lipinski definition) is 1. The van der Waals surface area contributed by atoms with E-state index in [1.165, 1.54) is 22.5 Å². The molecule has 0 saturated carbocycles. The molecule has 0 atom stereocenters. The average molecular weight is 447 g/mol. The number of carbonyl (C=O) groups is 2. The largest absolute Gasteiger partial charge is 0.311 e. The molecule has 0 bridgehead atoms. The maximum atomic E-state index is 12.7. The van der Waals surface area contributed by atoms with Gasteiger partial charge in [-0.15, -0.1) is 11.3 Å². The van der Waals surface area contributed by atoms with Gasteiger partial charge in [-0.3, -0.25) is 9.59 Å². The molecular formula is C25H26N4O2S. The molecule has 0 saturated heterocycles. The molecule has 0 aliphatic carbocycles. The van der Waals surface area contributed by atoms with Gasteiger partial charge in [0.15, 0.2) is 5.13 Å². The van der Waals surface area contributed by atoms with Crippen LogP contribution in [0.25, 0.3) is 0 Å². The molecule has 6 nitrogen and oxygen atoms in total. The quantitative estimate of drug-likeness (QED) is 0.500. The Bertz CT molecular complexity index is 1100. The van der Waals surface area contributed by atoms with Crippen LogP contribution in [0.15, 0.2) is 54.6 Å². The first kappa shape index (κ1) is 23.2. The van der Waals surface area contributed by atoms with E-state index < -0.39 is 0 Å². The highest BCUT2D eigenvalue weighted by Gasteiger charge is 2.17. The fourth-order valence-corrected chi connectivity index (χ4v) is 4.25. The minimum Gasteiger partial charge on any atom is -0.311 e. The van der Waals surface area contributed by atoms with Crippen molar-refractivity contribution in [2.45, 2.75) is 39.5 Å². The van der Waals surface area contributed by atoms with E-state index in [1.54, 1.807) is 4.90 Å². The zero-order chi connectivity index (χ0) is 22.9. The summed E-state index contributed by atoms with van der Waals surface area (Å²) in [5, 5.41) is 12.3. The number of amides is 2. The number of nitrogens with zero attached hydrogens (tertiary/aromatic N) is 3. The lowest BCUT2D eigenvalue weighted by Gasteiger charge is -2.21. The SMILES string of the molecule is Cc1ccc(Cc2sc(NC(=O)CCC(=O)N(CCC#N)c3ccccc3)nc2C)cc1. The number of benzene rings is 2. The van der Waals surface area contributed by atoms with Crippen LogP contribution in [0.1, 0.15) is 41.0 Å². The second-order valence-corrected chi connectivity index (χ2v) is 8.61. The summed E-state index contributed by atoms with van der Waals surface area (Å²) < 4.78 is 0. The number of nitriles is 1. The third-order valence-electron chi connectivity index (χ3n) is 5.01. The van der Waals surface area contributed by atoms with Gasteiger partial charge in [0.1, 0.15) is 0 Å². The molecule has 2 aromatic carbocycles. The highest BCUT2D eigenvalue weighted by molar-refractivity contribution is 7.15. The number of carbonyl (C=O) groups excluding carboxylic acids is 2. The van der Waals surface area contributed by atoms with Crippen molar-refractivity contribution in [3.63, 3.8) is 0 Å². The van der Waals surface area contributed by atoms with Crippen molar-refractivity contribution in [2.75, 3.05) is 16.8 Å². The van der Waals surface area contributed by atoms with E-state index in [1.807, 2.05) is 37.3 Å². The average Bonchev–Trinajstić information content (AvgIpc) is 3.13. The van der Waals surface area contributed by atoms with E-state index in [9.17, 15) is 9.59 Å². The summed E-state index contributed by atoms with van der Waals surface area (Å²) in [6, 6.07) is 19.6. The van der Waals surface area contributed by atoms with Crippen molar-refractivity contribution in [3.8, 4) is 6.07 Å². The van der Waals surface area contributed by atoms with Gasteiger partial charge in [-0.05, 0) is 31.5 Å². The Morgan fingerprint density at radius 2 is 1.78 bits per heavy atom. The topological polar surface area (TPSA) is 86.1 Å². The number of para-hydroxylation sites is 1. The molecule has 0 fully saturated rings. The number of thiazole rings is 1. The zero-order valence-corrected chi connectivity index (χ0v) is 19.1. The van der Waals surface area contributed by atoms with Gasteiger partial charge in [0.05, 0.1) is 18.2 Å². The Morgan fingerprint density at radius 3 is 2.47 bits per heavy atom. The van der Waals surface area contributed by atoms with Crippen molar-refractivity contribution < 1.29 is 9.59 Å². The first-order valence-electron chi connectivity index (χ1n) is 10.5. The predicted octanol–water partition coefficient (Wildman–Crippen LogP) is 5.02. The molecule has 1 heterocycles. The van der Waals surface area contributed by atoms with E-state index >= 15 is 0 Å². The summed E-state index contributed by atoms with van der Waals surface area (Å²) in [5.41, 5.74) is 4.04. The number of anilines is 2. The van der Waals surface area contributed by atoms with E-state index in [2.05, 4.69) is 47.6 Å². The van der Waals surface area contributed by atoms with Gasteiger partial charge >= 0.3 is 0 Å². The second-order valence-electron chi connectivity index (χ2n) is 7.53. The van der Waals surface area contributed by atoms with Crippen LogP contribution in [0.4, 0.5) is 10.8 Å². The van der Waals surface area contributed by atoms with E-state index in [0.29, 0.717) is 11.7 Å². The van der Waals surface area contributed by atoms with Crippen LogP contribution in [0, 0.1) is 25.2 Å². The summed E-state index contributed by atoms with van der Waals surface area (Å²) in [5.74, 6) is -0.431. The second kappa shape index (κ2) is 11.2. The molecule has 0 unspecified atom stereocenters. The number of aromatic nitrogens is 1. The number of nitrogens with one attached hydrogen (secondary N) is 1. The predicted molar refractivity (Wildman–Crippen MR) is 128 cm³/mol. The zero-order valence-electron chi connectivity index (χ0n) is 18.3. The fraction of sp³-hybridized carbons (Fsp3) is 0.280. The van der Waals surface area contributed by atoms with Gasteiger partial charge in [-0.2, -0.15) is 5.26 Å². The number of hydrogen-bond acceptors (Lipinski definition) is 5. The van der Waals surface area contributed by atoms with Crippen LogP contribution >= 0.6 is 11.3 Å². The van der Waals surface area contributed by atoms with Crippen LogP contribution in [-0.2, 0) is 16.0 Å². The summed E-state index contributed by atoms with van der Waals surface area (Å²) in [6.45, 7) is 4.30. The third-order valence-corrected chi connectivity index (χ3v) is 6.08. The summed E-state index contributed by atoms with van der Waals surface area (Å²) >= 11 is 1.46. The minimum absolute atomic E-state index is 0.0562. The molecule has 0 aliphatic heterocycles. The van der Waals surface area contributed by atoms with Gasteiger partial charge in [-0.25, -0.2) is 4.98 Å². The van der Waals surface area contributed by atoms with E-state index in [0.717, 1.165) is 22.7 Å². The van der Waals surface area contributed by atoms with E-state index in [-0.39, 0.29) is 31.1 Å². The fourth-order valence-electron chi connectivity index (χ4n) is 3.24. The van der Waals surface area contributed by atoms with Crippen molar-refractivity contribution in [2.24, 2.45) is 0 Å². The molecule has 1 aromatic heterocycles. The van der Waals surface area contributed by atoms with Crippen LogP contribution < -0.4 is 10.2 Å². The smallest absolute Gasteiger partial charge is 0.227 e. The van der Waals surface area contributed by atoms with Gasteiger partial charge in [-0.1, -0.05) is 48.0 Å². The molecule has 0 aliphatic rings. The molecule has 32 heavy (non-hydrogen) atoms. The van der Waals surface area contributed by atoms with Gasteiger partial charge in [0.25, 0.3) is 0 Å². The Kier molecular flexibility index (Phi) is 8.12. The lowest BCUT2D eigenvalue weighted by Crippen LogP contribution is -2.32. The van der Waals surface area contributed by atoms with Gasteiger partial charge in [0.2, 0.25) is 11.8 Å². The molecule has 3 aromatic rings. The van der Waals surface area contributed by atoms with Crippen LogP contribution in [0.5, 0.6) is 0 Å². The minimum atomic E-state index is -0.248. The first-order valence-corrected chi connectivity index (χ1v) is 11.3. The summed E-state index contributed by atoms with van der Waals surface area (Å²) in [4.78, 5) is 32.3. The van der Waals surface area contributed by atoms with Crippen molar-refractivity contribution in [1.29, 1.82) is 5.26 Å². The molecule has 1 N–H and O–H groups in total. The summed E-state index contributed by atoms with van der Waals surface area (Å²) in [7, 11) is 0. The lowest BCUT2D eigenvalue weighted by molar-refractivity contribution is -0.122. The third kappa shape index (κ3) is 6.50. The highest BCUT2D eigenvalue weighted by atomic mass is 32.1. The molecule has 164 valence electrons. The normalized spacial score (nSPS) is 10.4. The van der Waals surface area contributed by atoms with Crippen molar-refractivity contribution in [1.82, 2.24) is 4.98 Å². The van der Waals surface area contributed by atoms with Crippen LogP contribution in [0.3, 0.4) is 0 Å². The molecular weight excluding hydrogens is 420 g/mol. The highest BCUT2D eigenvalue weighted by Crippen LogP contribution is 2.25. The maximum absolute atomic E-state index is 12.7. The lowest BCUT2D eigenvalue weighted by atomic mass is 10.1. The Labute approximate surface area is 192 Å². The first-order chi connectivity index (χ1) is 15.5. The molecule has 0 spiro atoms. The van der Waals surface area contributed by atoms with Crippen LogP contribution in [0.2, 0.25) is 0 Å². The van der Waals surface area contributed by atoms with E-state index in [4.69, 9.17) is 5.26 Å².